The number of anilines is 2. The van der Waals surface area contributed by atoms with Gasteiger partial charge in [0.15, 0.2) is 0 Å². The zero-order valence-corrected chi connectivity index (χ0v) is 19.0. The molecule has 0 fully saturated rings. The van der Waals surface area contributed by atoms with E-state index in [9.17, 15) is 4.79 Å². The number of rotatable bonds is 9. The maximum Gasteiger partial charge on any atom is 0.219 e. The molecule has 5 nitrogen and oxygen atoms in total. The first kappa shape index (κ1) is 21.9. The van der Waals surface area contributed by atoms with Crippen molar-refractivity contribution in [3.05, 3.63) is 42.5 Å². The number of benzene rings is 2. The second-order valence-electron chi connectivity index (χ2n) is 8.34. The Hall–Kier alpha value is -2.82. The molecule has 0 aliphatic heterocycles. The molecule has 3 aromatic rings. The van der Waals surface area contributed by atoms with Gasteiger partial charge in [0.1, 0.15) is 6.54 Å². The number of nitrogens with one attached hydrogen (secondary N) is 1. The number of aromatic nitrogens is 1. The van der Waals surface area contributed by atoms with E-state index >= 15 is 0 Å². The summed E-state index contributed by atoms with van der Waals surface area (Å²) in [7, 11) is 8.33. The van der Waals surface area contributed by atoms with Crippen LogP contribution in [0.15, 0.2) is 42.5 Å². The number of unbranched alkanes of at least 4 members (excludes halogenated alkanes) is 2. The van der Waals surface area contributed by atoms with Crippen LogP contribution in [0.2, 0.25) is 0 Å². The third-order valence-electron chi connectivity index (χ3n) is 5.61. The smallest absolute Gasteiger partial charge is 0.219 e. The van der Waals surface area contributed by atoms with Gasteiger partial charge in [-0.2, -0.15) is 4.57 Å². The predicted molar refractivity (Wildman–Crippen MR) is 127 cm³/mol. The number of nitrogens with zero attached hydrogens (tertiary/aromatic N) is 3. The molecule has 0 atom stereocenters. The van der Waals surface area contributed by atoms with Crippen molar-refractivity contribution in [2.45, 2.75) is 39.2 Å². The molecule has 1 heterocycles. The van der Waals surface area contributed by atoms with Crippen LogP contribution >= 0.6 is 0 Å². The molecule has 0 saturated heterocycles. The lowest BCUT2D eigenvalue weighted by molar-refractivity contribution is -0.645. The zero-order valence-electron chi connectivity index (χ0n) is 19.0. The quantitative estimate of drug-likeness (QED) is 0.330. The van der Waals surface area contributed by atoms with Crippen LogP contribution in [0.3, 0.4) is 0 Å². The van der Waals surface area contributed by atoms with Crippen molar-refractivity contribution in [3.8, 4) is 0 Å². The van der Waals surface area contributed by atoms with Crippen LogP contribution in [0.1, 0.15) is 32.6 Å². The van der Waals surface area contributed by atoms with Gasteiger partial charge in [-0.15, -0.1) is 0 Å². The molecule has 1 aromatic heterocycles. The van der Waals surface area contributed by atoms with E-state index in [4.69, 9.17) is 0 Å². The maximum atomic E-state index is 11.7. The Morgan fingerprint density at radius 2 is 1.40 bits per heavy atom. The second kappa shape index (κ2) is 9.79. The van der Waals surface area contributed by atoms with E-state index < -0.39 is 0 Å². The summed E-state index contributed by atoms with van der Waals surface area (Å²) in [5.74, 6) is 0.159. The van der Waals surface area contributed by atoms with Crippen molar-refractivity contribution in [3.63, 3.8) is 0 Å². The lowest BCUT2D eigenvalue weighted by atomic mass is 10.1. The van der Waals surface area contributed by atoms with Gasteiger partial charge in [-0.25, -0.2) is 0 Å². The summed E-state index contributed by atoms with van der Waals surface area (Å²) in [5, 5.41) is 5.40. The molecule has 1 amide bonds. The van der Waals surface area contributed by atoms with Crippen LogP contribution in [0, 0.1) is 0 Å². The summed E-state index contributed by atoms with van der Waals surface area (Å²) in [5.41, 5.74) is 4.92. The maximum absolute atomic E-state index is 11.7. The highest BCUT2D eigenvalue weighted by atomic mass is 16.1. The van der Waals surface area contributed by atoms with Gasteiger partial charge in [-0.1, -0.05) is 0 Å². The Morgan fingerprint density at radius 1 is 0.833 bits per heavy atom. The third kappa shape index (κ3) is 5.02. The topological polar surface area (TPSA) is 39.5 Å². The lowest BCUT2D eigenvalue weighted by Gasteiger charge is -2.15. The number of carbonyl (C=O) groups excluding carboxylic acids is 1. The minimum atomic E-state index is 0.159. The average Bonchev–Trinajstić information content (AvgIpc) is 2.72. The molecular weight excluding hydrogens is 372 g/mol. The van der Waals surface area contributed by atoms with E-state index in [2.05, 4.69) is 90.3 Å². The average molecular weight is 408 g/mol. The minimum absolute atomic E-state index is 0.159. The van der Waals surface area contributed by atoms with E-state index in [1.807, 2.05) is 6.92 Å². The summed E-state index contributed by atoms with van der Waals surface area (Å²) < 4.78 is 2.46. The SMILES string of the molecule is CCNC(=O)CCCCC[n+]1c2cc(N(C)C)ccc2cc2ccc(N(C)C)cc21. The predicted octanol–water partition coefficient (Wildman–Crippen LogP) is 4.11. The molecule has 0 aliphatic carbocycles. The molecule has 3 rings (SSSR count). The molecule has 0 spiro atoms. The van der Waals surface area contributed by atoms with E-state index in [0.29, 0.717) is 13.0 Å². The van der Waals surface area contributed by atoms with Gasteiger partial charge >= 0.3 is 0 Å². The molecule has 2 aromatic carbocycles. The Labute approximate surface area is 180 Å². The minimum Gasteiger partial charge on any atom is -0.377 e. The van der Waals surface area contributed by atoms with Crippen molar-refractivity contribution in [2.75, 3.05) is 44.5 Å². The number of hydrogen-bond donors (Lipinski definition) is 1. The summed E-state index contributed by atoms with van der Waals surface area (Å²) >= 11 is 0. The van der Waals surface area contributed by atoms with Crippen molar-refractivity contribution < 1.29 is 9.36 Å². The van der Waals surface area contributed by atoms with E-state index in [-0.39, 0.29) is 5.91 Å². The fourth-order valence-corrected chi connectivity index (χ4v) is 3.89. The molecule has 0 aliphatic rings. The number of carbonyl (C=O) groups is 1. The van der Waals surface area contributed by atoms with Crippen LogP contribution in [-0.4, -0.2) is 40.6 Å². The van der Waals surface area contributed by atoms with Crippen LogP contribution in [0.5, 0.6) is 0 Å². The molecule has 30 heavy (non-hydrogen) atoms. The van der Waals surface area contributed by atoms with Crippen LogP contribution < -0.4 is 19.7 Å². The van der Waals surface area contributed by atoms with Crippen molar-refractivity contribution in [2.24, 2.45) is 0 Å². The van der Waals surface area contributed by atoms with Crippen molar-refractivity contribution in [1.29, 1.82) is 0 Å². The monoisotopic (exact) mass is 407 g/mol. The zero-order chi connectivity index (χ0) is 21.7. The highest BCUT2D eigenvalue weighted by molar-refractivity contribution is 5.91. The van der Waals surface area contributed by atoms with Gasteiger partial charge in [-0.05, 0) is 50.1 Å². The number of aryl methyl sites for hydroxylation is 1. The fraction of sp³-hybridized carbons (Fsp3) is 0.440. The Morgan fingerprint density at radius 3 is 1.90 bits per heavy atom. The van der Waals surface area contributed by atoms with Crippen LogP contribution in [0.4, 0.5) is 11.4 Å². The number of hydrogen-bond acceptors (Lipinski definition) is 3. The molecule has 160 valence electrons. The van der Waals surface area contributed by atoms with Gasteiger partial charge < -0.3 is 15.1 Å². The first-order valence-corrected chi connectivity index (χ1v) is 10.9. The highest BCUT2D eigenvalue weighted by Crippen LogP contribution is 2.25. The molecule has 0 bridgehead atoms. The largest absolute Gasteiger partial charge is 0.377 e. The fourth-order valence-electron chi connectivity index (χ4n) is 3.89. The summed E-state index contributed by atoms with van der Waals surface area (Å²) in [6.07, 6.45) is 3.64. The van der Waals surface area contributed by atoms with Crippen molar-refractivity contribution >= 4 is 39.1 Å². The highest BCUT2D eigenvalue weighted by Gasteiger charge is 2.17. The molecule has 0 saturated carbocycles. The number of fused-ring (bicyclic) bond motifs is 2. The molecule has 0 unspecified atom stereocenters. The molecule has 0 radical (unpaired) electrons. The second-order valence-corrected chi connectivity index (χ2v) is 8.34. The van der Waals surface area contributed by atoms with Crippen LogP contribution in [-0.2, 0) is 11.3 Å². The molecular formula is C25H35N4O+. The van der Waals surface area contributed by atoms with E-state index in [1.165, 1.54) is 33.2 Å². The van der Waals surface area contributed by atoms with Gasteiger partial charge in [-0.3, -0.25) is 4.79 Å². The third-order valence-corrected chi connectivity index (χ3v) is 5.61. The lowest BCUT2D eigenvalue weighted by Crippen LogP contribution is -2.36. The van der Waals surface area contributed by atoms with Gasteiger partial charge in [0.05, 0.1) is 0 Å². The Kier molecular flexibility index (Phi) is 7.14. The number of amides is 1. The van der Waals surface area contributed by atoms with Crippen LogP contribution in [0.25, 0.3) is 21.8 Å². The van der Waals surface area contributed by atoms with Crippen molar-refractivity contribution in [1.82, 2.24) is 5.32 Å². The van der Waals surface area contributed by atoms with E-state index in [1.54, 1.807) is 0 Å². The summed E-state index contributed by atoms with van der Waals surface area (Å²) in [6.45, 7) is 3.61. The van der Waals surface area contributed by atoms with E-state index in [0.717, 1.165) is 25.8 Å². The Balaban J connectivity index is 1.94. The molecule has 1 N–H and O–H groups in total. The first-order valence-electron chi connectivity index (χ1n) is 10.9. The van der Waals surface area contributed by atoms with Gasteiger partial charge in [0.25, 0.3) is 0 Å². The first-order chi connectivity index (χ1) is 14.4. The standard InChI is InChI=1S/C25H34N4O/c1-6-26-25(30)10-8-7-9-15-29-23-17-21(27(2)3)13-11-19(23)16-20-12-14-22(28(4)5)18-24(20)29/h11-14,16-18H,6-10,15H2,1-5H3/p+1. The van der Waals surface area contributed by atoms with Gasteiger partial charge in [0.2, 0.25) is 16.9 Å². The Bertz CT molecular complexity index is 961. The van der Waals surface area contributed by atoms with Gasteiger partial charge in [0, 0.05) is 81.9 Å². The number of pyridine rings is 1. The summed E-state index contributed by atoms with van der Waals surface area (Å²) in [4.78, 5) is 16.0. The molecule has 5 heteroatoms. The normalized spacial score (nSPS) is 11.1. The summed E-state index contributed by atoms with van der Waals surface area (Å²) in [6, 6.07) is 15.6.